The molecule has 3 aromatic heterocycles. The van der Waals surface area contributed by atoms with Crippen LogP contribution < -0.4 is 5.69 Å². The summed E-state index contributed by atoms with van der Waals surface area (Å²) in [7, 11) is 4.00. The predicted molar refractivity (Wildman–Crippen MR) is 141 cm³/mol. The van der Waals surface area contributed by atoms with E-state index in [4.69, 9.17) is 11.6 Å². The number of alkyl halides is 3. The molecular weight excluding hydrogens is 515 g/mol. The Morgan fingerprint density at radius 2 is 1.55 bits per heavy atom. The Kier molecular flexibility index (Phi) is 6.81. The second-order valence-corrected chi connectivity index (χ2v) is 9.67. The van der Waals surface area contributed by atoms with Crippen molar-refractivity contribution in [3.63, 3.8) is 0 Å². The molecule has 0 aliphatic rings. The van der Waals surface area contributed by atoms with Gasteiger partial charge in [0.05, 0.1) is 6.54 Å². The average molecular weight is 538 g/mol. The molecule has 10 heteroatoms. The van der Waals surface area contributed by atoms with Gasteiger partial charge in [0, 0.05) is 29.5 Å². The molecule has 3 heterocycles. The van der Waals surface area contributed by atoms with Gasteiger partial charge in [-0.05, 0) is 66.2 Å². The SMILES string of the molecule is CN(C)Cc1ccc(-c2c(-c3ccc(Cl)cc3)ccn3c(=O)n(Cc4ccc(C(F)(F)F)nc4)nc23)cc1. The van der Waals surface area contributed by atoms with Crippen LogP contribution in [-0.2, 0) is 19.3 Å². The van der Waals surface area contributed by atoms with Gasteiger partial charge in [0.2, 0.25) is 0 Å². The Hall–Kier alpha value is -3.95. The van der Waals surface area contributed by atoms with Crippen LogP contribution in [0, 0.1) is 0 Å². The van der Waals surface area contributed by atoms with Crippen LogP contribution in [-0.4, -0.2) is 38.2 Å². The molecule has 2 aromatic carbocycles. The number of rotatable bonds is 6. The van der Waals surface area contributed by atoms with Gasteiger partial charge in [-0.25, -0.2) is 13.9 Å². The van der Waals surface area contributed by atoms with Gasteiger partial charge in [-0.1, -0.05) is 54.1 Å². The highest BCUT2D eigenvalue weighted by Gasteiger charge is 2.32. The molecule has 0 bridgehead atoms. The molecule has 194 valence electrons. The molecule has 0 amide bonds. The first-order valence-electron chi connectivity index (χ1n) is 11.7. The minimum atomic E-state index is -4.53. The zero-order valence-electron chi connectivity index (χ0n) is 20.6. The minimum absolute atomic E-state index is 0.0247. The van der Waals surface area contributed by atoms with E-state index in [0.717, 1.165) is 46.6 Å². The minimum Gasteiger partial charge on any atom is -0.305 e. The fourth-order valence-electron chi connectivity index (χ4n) is 4.34. The average Bonchev–Trinajstić information content (AvgIpc) is 3.19. The van der Waals surface area contributed by atoms with Gasteiger partial charge in [-0.15, -0.1) is 5.10 Å². The summed E-state index contributed by atoms with van der Waals surface area (Å²) in [6.45, 7) is 0.757. The fraction of sp³-hybridized carbons (Fsp3) is 0.179. The van der Waals surface area contributed by atoms with Gasteiger partial charge in [-0.2, -0.15) is 13.2 Å². The molecule has 6 nitrogen and oxygen atoms in total. The predicted octanol–water partition coefficient (Wildman–Crippen LogP) is 6.01. The number of nitrogens with zero attached hydrogens (tertiary/aromatic N) is 5. The first kappa shape index (κ1) is 25.7. The molecule has 0 radical (unpaired) electrons. The van der Waals surface area contributed by atoms with E-state index >= 15 is 0 Å². The molecule has 0 atom stereocenters. The summed E-state index contributed by atoms with van der Waals surface area (Å²) in [5, 5.41) is 5.22. The lowest BCUT2D eigenvalue weighted by Gasteiger charge is -2.13. The molecule has 0 saturated carbocycles. The number of hydrogen-bond donors (Lipinski definition) is 0. The van der Waals surface area contributed by atoms with Crippen molar-refractivity contribution in [2.75, 3.05) is 14.1 Å². The van der Waals surface area contributed by atoms with Gasteiger partial charge in [0.15, 0.2) is 5.65 Å². The Morgan fingerprint density at radius 1 is 0.895 bits per heavy atom. The van der Waals surface area contributed by atoms with E-state index < -0.39 is 17.6 Å². The Labute approximate surface area is 221 Å². The van der Waals surface area contributed by atoms with Crippen molar-refractivity contribution >= 4 is 17.2 Å². The standard InChI is InChI=1S/C28H23ClF3N5O/c1-35(2)16-18-3-6-21(7-4-18)25-23(20-8-10-22(29)11-9-20)13-14-36-26(25)34-37(27(36)38)17-19-5-12-24(33-15-19)28(30,31)32/h3-15H,16-17H2,1-2H3. The van der Waals surface area contributed by atoms with Gasteiger partial charge < -0.3 is 4.90 Å². The zero-order valence-corrected chi connectivity index (χ0v) is 21.3. The molecule has 0 spiro atoms. The van der Waals surface area contributed by atoms with E-state index in [2.05, 4.69) is 15.0 Å². The van der Waals surface area contributed by atoms with Crippen LogP contribution in [0.3, 0.4) is 0 Å². The van der Waals surface area contributed by atoms with Crippen LogP contribution in [0.4, 0.5) is 13.2 Å². The van der Waals surface area contributed by atoms with Crippen LogP contribution in [0.15, 0.2) is 83.9 Å². The van der Waals surface area contributed by atoms with Crippen molar-refractivity contribution < 1.29 is 13.2 Å². The topological polar surface area (TPSA) is 55.4 Å². The van der Waals surface area contributed by atoms with Crippen LogP contribution in [0.25, 0.3) is 27.9 Å². The van der Waals surface area contributed by atoms with Gasteiger partial charge in [0.25, 0.3) is 0 Å². The summed E-state index contributed by atoms with van der Waals surface area (Å²) in [5.41, 5.74) is 3.99. The molecule has 0 saturated heterocycles. The van der Waals surface area contributed by atoms with Gasteiger partial charge in [-0.3, -0.25) is 4.98 Å². The largest absolute Gasteiger partial charge is 0.433 e. The summed E-state index contributed by atoms with van der Waals surface area (Å²) >= 11 is 6.11. The summed E-state index contributed by atoms with van der Waals surface area (Å²) in [4.78, 5) is 18.8. The normalized spacial score (nSPS) is 12.0. The lowest BCUT2D eigenvalue weighted by atomic mass is 9.95. The fourth-order valence-corrected chi connectivity index (χ4v) is 4.46. The molecule has 5 aromatic rings. The van der Waals surface area contributed by atoms with Crippen molar-refractivity contribution in [2.24, 2.45) is 0 Å². The lowest BCUT2D eigenvalue weighted by Crippen LogP contribution is -2.21. The highest BCUT2D eigenvalue weighted by Crippen LogP contribution is 2.35. The van der Waals surface area contributed by atoms with Crippen LogP contribution in [0.2, 0.25) is 5.02 Å². The van der Waals surface area contributed by atoms with Crippen molar-refractivity contribution in [3.05, 3.63) is 111 Å². The second kappa shape index (κ2) is 10.1. The summed E-state index contributed by atoms with van der Waals surface area (Å²) in [6, 6.07) is 19.5. The zero-order chi connectivity index (χ0) is 27.0. The molecule has 0 fully saturated rings. The van der Waals surface area contributed by atoms with E-state index in [1.54, 1.807) is 18.3 Å². The number of aromatic nitrogens is 4. The third kappa shape index (κ3) is 5.20. The maximum absolute atomic E-state index is 13.3. The number of benzene rings is 2. The molecule has 0 aliphatic heterocycles. The Balaban J connectivity index is 1.63. The first-order valence-corrected chi connectivity index (χ1v) is 12.1. The maximum atomic E-state index is 13.3. The monoisotopic (exact) mass is 537 g/mol. The van der Waals surface area contributed by atoms with Crippen molar-refractivity contribution in [3.8, 4) is 22.3 Å². The number of pyridine rings is 2. The van der Waals surface area contributed by atoms with Crippen molar-refractivity contribution in [2.45, 2.75) is 19.3 Å². The summed E-state index contributed by atoms with van der Waals surface area (Å²) in [6.07, 6.45) is -1.77. The second-order valence-electron chi connectivity index (χ2n) is 9.23. The summed E-state index contributed by atoms with van der Waals surface area (Å²) in [5.74, 6) is 0. The molecule has 0 aliphatic carbocycles. The van der Waals surface area contributed by atoms with Crippen LogP contribution in [0.5, 0.6) is 0 Å². The first-order chi connectivity index (χ1) is 18.1. The highest BCUT2D eigenvalue weighted by molar-refractivity contribution is 6.30. The Morgan fingerprint density at radius 3 is 2.16 bits per heavy atom. The molecule has 5 rings (SSSR count). The quantitative estimate of drug-likeness (QED) is 0.266. The number of fused-ring (bicyclic) bond motifs is 1. The smallest absolute Gasteiger partial charge is 0.305 e. The number of hydrogen-bond acceptors (Lipinski definition) is 4. The molecule has 0 unspecified atom stereocenters. The van der Waals surface area contributed by atoms with E-state index in [9.17, 15) is 18.0 Å². The van der Waals surface area contributed by atoms with E-state index in [-0.39, 0.29) is 6.54 Å². The van der Waals surface area contributed by atoms with Crippen molar-refractivity contribution in [1.29, 1.82) is 0 Å². The van der Waals surface area contributed by atoms with Crippen LogP contribution in [0.1, 0.15) is 16.8 Å². The van der Waals surface area contributed by atoms with E-state index in [1.165, 1.54) is 15.1 Å². The van der Waals surface area contributed by atoms with Gasteiger partial charge in [0.1, 0.15) is 5.69 Å². The third-order valence-electron chi connectivity index (χ3n) is 6.10. The molecule has 0 N–H and O–H groups in total. The maximum Gasteiger partial charge on any atom is 0.433 e. The van der Waals surface area contributed by atoms with Crippen LogP contribution >= 0.6 is 11.6 Å². The lowest BCUT2D eigenvalue weighted by molar-refractivity contribution is -0.141. The van der Waals surface area contributed by atoms with E-state index in [0.29, 0.717) is 16.2 Å². The molecular formula is C28H23ClF3N5O. The summed E-state index contributed by atoms with van der Waals surface area (Å²) < 4.78 is 41.4. The number of halogens is 4. The van der Waals surface area contributed by atoms with E-state index in [1.807, 2.05) is 56.6 Å². The van der Waals surface area contributed by atoms with Gasteiger partial charge >= 0.3 is 11.9 Å². The molecule has 38 heavy (non-hydrogen) atoms. The third-order valence-corrected chi connectivity index (χ3v) is 6.35. The van der Waals surface area contributed by atoms with Crippen molar-refractivity contribution in [1.82, 2.24) is 24.1 Å². The Bertz CT molecular complexity index is 1640. The highest BCUT2D eigenvalue weighted by atomic mass is 35.5.